The molecule has 0 aromatic carbocycles. The summed E-state index contributed by atoms with van der Waals surface area (Å²) in [4.78, 5) is 18.6. The summed E-state index contributed by atoms with van der Waals surface area (Å²) in [6.45, 7) is 2.10. The van der Waals surface area contributed by atoms with E-state index in [4.69, 9.17) is 4.74 Å². The third-order valence-corrected chi connectivity index (χ3v) is 3.45. The Hall–Kier alpha value is -1.92. The van der Waals surface area contributed by atoms with Crippen molar-refractivity contribution in [3.05, 3.63) is 16.4 Å². The summed E-state index contributed by atoms with van der Waals surface area (Å²) in [5, 5.41) is 14.4. The van der Waals surface area contributed by atoms with E-state index in [0.717, 1.165) is 25.7 Å². The molecule has 0 saturated heterocycles. The number of rotatable bonds is 5. The first-order valence-corrected chi connectivity index (χ1v) is 7.11. The first-order chi connectivity index (χ1) is 9.72. The molecule has 1 aliphatic rings. The van der Waals surface area contributed by atoms with Crippen molar-refractivity contribution in [3.8, 4) is 5.88 Å². The molecule has 0 atom stereocenters. The van der Waals surface area contributed by atoms with Crippen LogP contribution in [0.3, 0.4) is 0 Å². The van der Waals surface area contributed by atoms with Gasteiger partial charge in [-0.05, 0) is 19.8 Å². The largest absolute Gasteiger partial charge is 0.473 e. The topological polar surface area (TPSA) is 90.2 Å². The minimum absolute atomic E-state index is 0.0311. The van der Waals surface area contributed by atoms with Crippen molar-refractivity contribution in [2.45, 2.75) is 51.5 Å². The molecule has 1 aliphatic carbocycles. The van der Waals surface area contributed by atoms with Gasteiger partial charge in [-0.1, -0.05) is 25.7 Å². The fourth-order valence-corrected chi connectivity index (χ4v) is 2.49. The first-order valence-electron chi connectivity index (χ1n) is 7.11. The summed E-state index contributed by atoms with van der Waals surface area (Å²) in [6, 6.07) is 0.237. The molecule has 7 heteroatoms. The highest BCUT2D eigenvalue weighted by molar-refractivity contribution is 5.61. The van der Waals surface area contributed by atoms with Crippen molar-refractivity contribution in [1.29, 1.82) is 0 Å². The molecule has 0 aliphatic heterocycles. The van der Waals surface area contributed by atoms with Gasteiger partial charge < -0.3 is 10.1 Å². The second kappa shape index (κ2) is 7.02. The zero-order valence-electron chi connectivity index (χ0n) is 11.7. The molecule has 1 saturated carbocycles. The lowest BCUT2D eigenvalue weighted by Crippen LogP contribution is -2.20. The third-order valence-electron chi connectivity index (χ3n) is 3.45. The smallest absolute Gasteiger partial charge is 0.372 e. The summed E-state index contributed by atoms with van der Waals surface area (Å²) < 4.78 is 5.22. The number of aromatic nitrogens is 2. The third kappa shape index (κ3) is 3.55. The van der Waals surface area contributed by atoms with Crippen LogP contribution in [0, 0.1) is 10.1 Å². The first kappa shape index (κ1) is 14.5. The summed E-state index contributed by atoms with van der Waals surface area (Å²) in [6.07, 6.45) is 8.10. The average Bonchev–Trinajstić information content (AvgIpc) is 2.67. The molecule has 0 unspecified atom stereocenters. The Morgan fingerprint density at radius 1 is 1.35 bits per heavy atom. The Kier molecular flexibility index (Phi) is 5.09. The Morgan fingerprint density at radius 3 is 2.65 bits per heavy atom. The van der Waals surface area contributed by atoms with Gasteiger partial charge >= 0.3 is 5.69 Å². The number of hydrogen-bond donors (Lipinski definition) is 1. The molecule has 0 bridgehead atoms. The van der Waals surface area contributed by atoms with Gasteiger partial charge in [0.1, 0.15) is 6.33 Å². The van der Waals surface area contributed by atoms with Crippen LogP contribution < -0.4 is 10.1 Å². The second-order valence-corrected chi connectivity index (χ2v) is 4.90. The van der Waals surface area contributed by atoms with E-state index in [9.17, 15) is 10.1 Å². The van der Waals surface area contributed by atoms with Gasteiger partial charge in [0.2, 0.25) is 5.82 Å². The van der Waals surface area contributed by atoms with Gasteiger partial charge in [-0.25, -0.2) is 4.98 Å². The van der Waals surface area contributed by atoms with E-state index in [1.165, 1.54) is 19.2 Å². The van der Waals surface area contributed by atoms with Crippen LogP contribution in [-0.2, 0) is 0 Å². The maximum atomic E-state index is 11.2. The quantitative estimate of drug-likeness (QED) is 0.506. The molecular formula is C13H20N4O3. The van der Waals surface area contributed by atoms with Gasteiger partial charge in [-0.2, -0.15) is 4.98 Å². The molecule has 1 aromatic rings. The molecule has 1 N–H and O–H groups in total. The lowest BCUT2D eigenvalue weighted by atomic mass is 10.1. The monoisotopic (exact) mass is 280 g/mol. The maximum absolute atomic E-state index is 11.2. The van der Waals surface area contributed by atoms with Crippen LogP contribution in [0.1, 0.15) is 45.4 Å². The van der Waals surface area contributed by atoms with Crippen LogP contribution in [0.25, 0.3) is 0 Å². The SMILES string of the molecule is CCOc1ncnc(NC2CCCCCC2)c1[N+](=O)[O-]. The van der Waals surface area contributed by atoms with Crippen LogP contribution in [0.5, 0.6) is 5.88 Å². The molecule has 0 spiro atoms. The number of nitro groups is 1. The number of anilines is 1. The van der Waals surface area contributed by atoms with E-state index in [-0.39, 0.29) is 23.4 Å². The van der Waals surface area contributed by atoms with Crippen molar-refractivity contribution in [2.24, 2.45) is 0 Å². The minimum Gasteiger partial charge on any atom is -0.473 e. The predicted octanol–water partition coefficient (Wildman–Crippen LogP) is 2.92. The highest BCUT2D eigenvalue weighted by Crippen LogP contribution is 2.32. The van der Waals surface area contributed by atoms with Crippen LogP contribution in [0.2, 0.25) is 0 Å². The van der Waals surface area contributed by atoms with Crippen molar-refractivity contribution in [2.75, 3.05) is 11.9 Å². The molecule has 1 heterocycles. The standard InChI is InChI=1S/C13H20N4O3/c1-2-20-13-11(17(18)19)12(14-9-15-13)16-10-7-5-3-4-6-8-10/h9-10H,2-8H2,1H3,(H,14,15,16). The summed E-state index contributed by atoms with van der Waals surface area (Å²) in [5.41, 5.74) is -0.168. The molecule has 2 rings (SSSR count). The normalized spacial score (nSPS) is 16.4. The molecule has 110 valence electrons. The van der Waals surface area contributed by atoms with Crippen molar-refractivity contribution < 1.29 is 9.66 Å². The molecule has 7 nitrogen and oxygen atoms in total. The molecule has 20 heavy (non-hydrogen) atoms. The Balaban J connectivity index is 2.21. The van der Waals surface area contributed by atoms with E-state index in [1.807, 2.05) is 0 Å². The van der Waals surface area contributed by atoms with Crippen LogP contribution in [0.15, 0.2) is 6.33 Å². The summed E-state index contributed by atoms with van der Waals surface area (Å²) >= 11 is 0. The number of nitrogens with one attached hydrogen (secondary N) is 1. The van der Waals surface area contributed by atoms with Crippen LogP contribution in [-0.4, -0.2) is 27.5 Å². The van der Waals surface area contributed by atoms with Gasteiger partial charge in [0.05, 0.1) is 11.5 Å². The minimum atomic E-state index is -0.482. The zero-order chi connectivity index (χ0) is 14.4. The van der Waals surface area contributed by atoms with Gasteiger partial charge in [-0.15, -0.1) is 0 Å². The molecule has 1 fully saturated rings. The number of nitrogens with zero attached hydrogens (tertiary/aromatic N) is 3. The second-order valence-electron chi connectivity index (χ2n) is 4.90. The van der Waals surface area contributed by atoms with Crippen LogP contribution >= 0.6 is 0 Å². The Bertz CT molecular complexity index is 459. The van der Waals surface area contributed by atoms with Crippen LogP contribution in [0.4, 0.5) is 11.5 Å². The van der Waals surface area contributed by atoms with E-state index in [0.29, 0.717) is 6.61 Å². The van der Waals surface area contributed by atoms with Gasteiger partial charge in [-0.3, -0.25) is 10.1 Å². The maximum Gasteiger partial charge on any atom is 0.372 e. The summed E-state index contributed by atoms with van der Waals surface area (Å²) in [7, 11) is 0. The lowest BCUT2D eigenvalue weighted by molar-refractivity contribution is -0.385. The van der Waals surface area contributed by atoms with Crippen molar-refractivity contribution in [1.82, 2.24) is 9.97 Å². The molecular weight excluding hydrogens is 260 g/mol. The van der Waals surface area contributed by atoms with Crippen molar-refractivity contribution in [3.63, 3.8) is 0 Å². The number of hydrogen-bond acceptors (Lipinski definition) is 6. The highest BCUT2D eigenvalue weighted by Gasteiger charge is 2.26. The van der Waals surface area contributed by atoms with E-state index >= 15 is 0 Å². The predicted molar refractivity (Wildman–Crippen MR) is 75.0 cm³/mol. The van der Waals surface area contributed by atoms with Gasteiger partial charge in [0.15, 0.2) is 0 Å². The summed E-state index contributed by atoms with van der Waals surface area (Å²) in [5.74, 6) is 0.295. The van der Waals surface area contributed by atoms with E-state index < -0.39 is 4.92 Å². The Morgan fingerprint density at radius 2 is 2.05 bits per heavy atom. The van der Waals surface area contributed by atoms with E-state index in [1.54, 1.807) is 6.92 Å². The Labute approximate surface area is 117 Å². The average molecular weight is 280 g/mol. The van der Waals surface area contributed by atoms with Crippen molar-refractivity contribution >= 4 is 11.5 Å². The fraction of sp³-hybridized carbons (Fsp3) is 0.692. The fourth-order valence-electron chi connectivity index (χ4n) is 2.49. The molecule has 0 radical (unpaired) electrons. The molecule has 0 amide bonds. The lowest BCUT2D eigenvalue weighted by Gasteiger charge is -2.17. The highest BCUT2D eigenvalue weighted by atomic mass is 16.6. The zero-order valence-corrected chi connectivity index (χ0v) is 11.7. The van der Waals surface area contributed by atoms with Gasteiger partial charge in [0, 0.05) is 6.04 Å². The van der Waals surface area contributed by atoms with E-state index in [2.05, 4.69) is 15.3 Å². The molecule has 1 aromatic heterocycles. The number of ether oxygens (including phenoxy) is 1. The van der Waals surface area contributed by atoms with Gasteiger partial charge in [0.25, 0.3) is 5.88 Å².